The van der Waals surface area contributed by atoms with Crippen LogP contribution in [0.1, 0.15) is 37.2 Å². The van der Waals surface area contributed by atoms with Gasteiger partial charge >= 0.3 is 0 Å². The van der Waals surface area contributed by atoms with Gasteiger partial charge in [-0.25, -0.2) is 23.1 Å². The summed E-state index contributed by atoms with van der Waals surface area (Å²) in [7, 11) is 1.54. The minimum Gasteiger partial charge on any atom is -0.494 e. The molecule has 0 spiro atoms. The maximum Gasteiger partial charge on any atom is 0.273 e. The molecule has 0 saturated carbocycles. The maximum atomic E-state index is 14.7. The fourth-order valence-electron chi connectivity index (χ4n) is 3.84. The van der Waals surface area contributed by atoms with Crippen LogP contribution in [0.25, 0.3) is 10.9 Å². The third-order valence-corrected chi connectivity index (χ3v) is 5.53. The topological polar surface area (TPSA) is 65.5 Å². The number of rotatable bonds is 8. The van der Waals surface area contributed by atoms with Gasteiger partial charge in [0, 0.05) is 36.9 Å². The first-order valence-corrected chi connectivity index (χ1v) is 10.9. The Balaban J connectivity index is 1.67. The number of methoxy groups -OCH3 is 1. The molecule has 1 atom stereocenters. The smallest absolute Gasteiger partial charge is 0.273 e. The lowest BCUT2D eigenvalue weighted by molar-refractivity contribution is 0.0136. The average molecular weight is 473 g/mol. The number of ether oxygens (including phenoxy) is 3. The molecular formula is C25H26F3N3O3. The maximum absolute atomic E-state index is 14.7. The van der Waals surface area contributed by atoms with Crippen LogP contribution in [0.5, 0.6) is 11.5 Å². The number of aromatic nitrogens is 2. The number of anilines is 1. The standard InChI is InChI=1S/C25H26F3N3O3/c1-14(20-9-6-10-33-20)34-22-11-17-19(12-21(22)32-4)30-15(2)31-24(17)29-13-16-7-5-8-18(23(16)26)25(3,27)28/h5,7-9,11-12,14H,6,10,13H2,1-4H3,(H,29,30,31). The molecule has 1 aromatic heterocycles. The zero-order valence-corrected chi connectivity index (χ0v) is 19.4. The van der Waals surface area contributed by atoms with Crippen LogP contribution in [-0.2, 0) is 17.2 Å². The molecular weight excluding hydrogens is 447 g/mol. The molecule has 0 amide bonds. The van der Waals surface area contributed by atoms with Crippen molar-refractivity contribution >= 4 is 16.7 Å². The van der Waals surface area contributed by atoms with Gasteiger partial charge in [0.15, 0.2) is 17.6 Å². The number of aryl methyl sites for hydroxylation is 1. The third kappa shape index (κ3) is 4.88. The van der Waals surface area contributed by atoms with Gasteiger partial charge in [0.25, 0.3) is 5.92 Å². The van der Waals surface area contributed by atoms with Crippen molar-refractivity contribution in [2.45, 2.75) is 45.8 Å². The molecule has 2 aromatic carbocycles. The first-order chi connectivity index (χ1) is 16.2. The van der Waals surface area contributed by atoms with Crippen molar-refractivity contribution < 1.29 is 27.4 Å². The molecule has 6 nitrogen and oxygen atoms in total. The van der Waals surface area contributed by atoms with Gasteiger partial charge in [0.1, 0.15) is 23.2 Å². The van der Waals surface area contributed by atoms with E-state index in [-0.39, 0.29) is 18.2 Å². The summed E-state index contributed by atoms with van der Waals surface area (Å²) in [5.74, 6) is -1.61. The quantitative estimate of drug-likeness (QED) is 0.441. The number of hydrogen-bond acceptors (Lipinski definition) is 6. The van der Waals surface area contributed by atoms with Gasteiger partial charge in [-0.15, -0.1) is 0 Å². The number of fused-ring (bicyclic) bond motifs is 1. The second-order valence-electron chi connectivity index (χ2n) is 8.16. The monoisotopic (exact) mass is 473 g/mol. The van der Waals surface area contributed by atoms with Crippen molar-refractivity contribution in [3.8, 4) is 11.5 Å². The van der Waals surface area contributed by atoms with Gasteiger partial charge in [-0.3, -0.25) is 0 Å². The Hall–Kier alpha value is -3.49. The van der Waals surface area contributed by atoms with Crippen molar-refractivity contribution in [1.29, 1.82) is 0 Å². The lowest BCUT2D eigenvalue weighted by Crippen LogP contribution is -2.16. The largest absolute Gasteiger partial charge is 0.494 e. The Bertz CT molecular complexity index is 1240. The molecule has 1 unspecified atom stereocenters. The van der Waals surface area contributed by atoms with Gasteiger partial charge in [-0.05, 0) is 26.0 Å². The Labute approximate surface area is 195 Å². The number of halogens is 3. The number of benzene rings is 2. The Morgan fingerprint density at radius 1 is 1.21 bits per heavy atom. The Morgan fingerprint density at radius 3 is 2.68 bits per heavy atom. The highest BCUT2D eigenvalue weighted by atomic mass is 19.3. The van der Waals surface area contributed by atoms with Gasteiger partial charge in [-0.2, -0.15) is 0 Å². The summed E-state index contributed by atoms with van der Waals surface area (Å²) >= 11 is 0. The number of nitrogens with one attached hydrogen (secondary N) is 1. The molecule has 2 heterocycles. The van der Waals surface area contributed by atoms with Crippen LogP contribution in [0.4, 0.5) is 19.0 Å². The Kier molecular flexibility index (Phi) is 6.54. The molecule has 34 heavy (non-hydrogen) atoms. The molecule has 1 aliphatic heterocycles. The van der Waals surface area contributed by atoms with E-state index in [1.807, 2.05) is 13.0 Å². The average Bonchev–Trinajstić information content (AvgIpc) is 3.32. The van der Waals surface area contributed by atoms with E-state index in [1.54, 1.807) is 19.1 Å². The van der Waals surface area contributed by atoms with Gasteiger partial charge in [0.05, 0.1) is 24.8 Å². The third-order valence-electron chi connectivity index (χ3n) is 5.53. The second kappa shape index (κ2) is 9.40. The fraction of sp³-hybridized carbons (Fsp3) is 0.360. The number of nitrogens with zero attached hydrogens (tertiary/aromatic N) is 2. The van der Waals surface area contributed by atoms with E-state index < -0.39 is 17.3 Å². The molecule has 1 aliphatic rings. The van der Waals surface area contributed by atoms with Crippen molar-refractivity contribution in [3.05, 3.63) is 64.9 Å². The summed E-state index contributed by atoms with van der Waals surface area (Å²) in [6.45, 7) is 4.87. The van der Waals surface area contributed by atoms with E-state index in [4.69, 9.17) is 14.2 Å². The highest BCUT2D eigenvalue weighted by Gasteiger charge is 2.29. The first-order valence-electron chi connectivity index (χ1n) is 10.9. The van der Waals surface area contributed by atoms with Crippen molar-refractivity contribution in [1.82, 2.24) is 9.97 Å². The predicted octanol–water partition coefficient (Wildman–Crippen LogP) is 5.88. The van der Waals surface area contributed by atoms with E-state index in [0.717, 1.165) is 18.2 Å². The van der Waals surface area contributed by atoms with Gasteiger partial charge in [0.2, 0.25) is 0 Å². The van der Waals surface area contributed by atoms with Crippen LogP contribution < -0.4 is 14.8 Å². The summed E-state index contributed by atoms with van der Waals surface area (Å²) in [6.07, 6.45) is 2.49. The molecule has 1 N–H and O–H groups in total. The number of hydrogen-bond donors (Lipinski definition) is 1. The van der Waals surface area contributed by atoms with Crippen LogP contribution in [0, 0.1) is 12.7 Å². The van der Waals surface area contributed by atoms with Gasteiger partial charge in [-0.1, -0.05) is 18.2 Å². The summed E-state index contributed by atoms with van der Waals surface area (Å²) in [6, 6.07) is 7.44. The molecule has 9 heteroatoms. The molecule has 0 radical (unpaired) electrons. The van der Waals surface area contributed by atoms with E-state index in [2.05, 4.69) is 15.3 Å². The SMILES string of the molecule is COc1cc2nc(C)nc(NCc3cccc(C(C)(F)F)c3F)c2cc1OC(C)C1=CCCO1. The van der Waals surface area contributed by atoms with Crippen LogP contribution in [0.15, 0.2) is 42.2 Å². The highest BCUT2D eigenvalue weighted by Crippen LogP contribution is 2.36. The van der Waals surface area contributed by atoms with Crippen LogP contribution >= 0.6 is 0 Å². The molecule has 3 aromatic rings. The lowest BCUT2D eigenvalue weighted by atomic mass is 10.0. The van der Waals surface area contributed by atoms with Crippen molar-refractivity contribution in [2.24, 2.45) is 0 Å². The van der Waals surface area contributed by atoms with Crippen molar-refractivity contribution in [3.63, 3.8) is 0 Å². The molecule has 180 valence electrons. The minimum atomic E-state index is -3.28. The Morgan fingerprint density at radius 2 is 2.00 bits per heavy atom. The highest BCUT2D eigenvalue weighted by molar-refractivity contribution is 5.91. The van der Waals surface area contributed by atoms with Crippen LogP contribution in [0.3, 0.4) is 0 Å². The molecule has 0 fully saturated rings. The van der Waals surface area contributed by atoms with E-state index in [1.165, 1.54) is 19.2 Å². The van der Waals surface area contributed by atoms with Crippen LogP contribution in [-0.4, -0.2) is 29.8 Å². The first kappa shape index (κ1) is 23.7. The van der Waals surface area contributed by atoms with Gasteiger partial charge < -0.3 is 19.5 Å². The molecule has 0 bridgehead atoms. The van der Waals surface area contributed by atoms with E-state index >= 15 is 0 Å². The summed E-state index contributed by atoms with van der Waals surface area (Å²) in [5.41, 5.74) is 0.0539. The molecule has 4 rings (SSSR count). The number of alkyl halides is 2. The zero-order chi connectivity index (χ0) is 24.5. The van der Waals surface area contributed by atoms with E-state index in [0.29, 0.717) is 47.6 Å². The van der Waals surface area contributed by atoms with E-state index in [9.17, 15) is 13.2 Å². The summed E-state index contributed by atoms with van der Waals surface area (Å²) in [5, 5.41) is 3.69. The zero-order valence-electron chi connectivity index (χ0n) is 19.4. The molecule has 0 saturated heterocycles. The molecule has 0 aliphatic carbocycles. The summed E-state index contributed by atoms with van der Waals surface area (Å²) < 4.78 is 59.4. The predicted molar refractivity (Wildman–Crippen MR) is 123 cm³/mol. The fourth-order valence-corrected chi connectivity index (χ4v) is 3.84. The minimum absolute atomic E-state index is 0.0410. The lowest BCUT2D eigenvalue weighted by Gasteiger charge is -2.19. The second-order valence-corrected chi connectivity index (χ2v) is 8.16. The normalized spacial score (nSPS) is 14.5. The van der Waals surface area contributed by atoms with Crippen molar-refractivity contribution in [2.75, 3.05) is 19.0 Å². The van der Waals surface area contributed by atoms with Crippen LogP contribution in [0.2, 0.25) is 0 Å². The summed E-state index contributed by atoms with van der Waals surface area (Å²) in [4.78, 5) is 8.91.